The monoisotopic (exact) mass is 491 g/mol. The molecule has 0 bridgehead atoms. The Hall–Kier alpha value is -2.11. The van der Waals surface area contributed by atoms with Crippen molar-refractivity contribution in [3.63, 3.8) is 0 Å². The molecule has 0 aliphatic carbocycles. The van der Waals surface area contributed by atoms with Gasteiger partial charge < -0.3 is 42.0 Å². The van der Waals surface area contributed by atoms with Gasteiger partial charge in [-0.2, -0.15) is 0 Å². The fourth-order valence-corrected chi connectivity index (χ4v) is 3.90. The molecule has 1 aromatic rings. The second-order valence-corrected chi connectivity index (χ2v) is 8.83. The van der Waals surface area contributed by atoms with Crippen LogP contribution in [0.2, 0.25) is 0 Å². The standard InChI is InChI=1S/C24H41N7O2S/c32-17-16-29-23(33)4-2-1-3-9-30-24(34)31-21-7-5-20(6-8-21)18-22-19-27-13-12-25-10-11-26-14-15-28-22/h5-8,17,22,25-28H,1-4,9-16,18-19H2,(H,29,33)(H2,30,31,34). The first-order chi connectivity index (χ1) is 16.7. The molecule has 9 nitrogen and oxygen atoms in total. The number of carbonyl (C=O) groups is 2. The number of thiocarbonyl (C=S) groups is 1. The number of aldehydes is 1. The van der Waals surface area contributed by atoms with Crippen molar-refractivity contribution < 1.29 is 9.59 Å². The van der Waals surface area contributed by atoms with Crippen molar-refractivity contribution in [3.05, 3.63) is 29.8 Å². The van der Waals surface area contributed by atoms with E-state index in [1.807, 2.05) is 0 Å². The van der Waals surface area contributed by atoms with Crippen molar-refractivity contribution in [2.45, 2.75) is 38.1 Å². The molecule has 10 heteroatoms. The largest absolute Gasteiger partial charge is 0.362 e. The quantitative estimate of drug-likeness (QED) is 0.132. The normalized spacial score (nSPS) is 17.6. The van der Waals surface area contributed by atoms with E-state index in [-0.39, 0.29) is 12.5 Å². The zero-order valence-corrected chi connectivity index (χ0v) is 20.9. The van der Waals surface area contributed by atoms with E-state index in [4.69, 9.17) is 12.2 Å². The minimum atomic E-state index is -0.0756. The average Bonchev–Trinajstić information content (AvgIpc) is 2.83. The van der Waals surface area contributed by atoms with E-state index >= 15 is 0 Å². The number of hydrogen-bond donors (Lipinski definition) is 7. The van der Waals surface area contributed by atoms with E-state index in [9.17, 15) is 9.59 Å². The van der Waals surface area contributed by atoms with Crippen molar-refractivity contribution in [3.8, 4) is 0 Å². The second-order valence-electron chi connectivity index (χ2n) is 8.42. The van der Waals surface area contributed by atoms with E-state index < -0.39 is 0 Å². The van der Waals surface area contributed by atoms with Crippen molar-refractivity contribution in [2.24, 2.45) is 0 Å². The zero-order chi connectivity index (χ0) is 24.3. The number of carbonyl (C=O) groups excluding carboxylic acids is 2. The number of benzene rings is 1. The molecular formula is C24H41N7O2S. The molecule has 1 heterocycles. The molecule has 1 amide bonds. The molecule has 1 atom stereocenters. The SMILES string of the molecule is O=CCNC(=O)CCCCCNC(=S)Nc1ccc(CC2CNCCNCCNCCN2)cc1. The van der Waals surface area contributed by atoms with Crippen molar-refractivity contribution in [2.75, 3.05) is 64.2 Å². The molecule has 0 saturated carbocycles. The van der Waals surface area contributed by atoms with Gasteiger partial charge in [-0.3, -0.25) is 4.79 Å². The van der Waals surface area contributed by atoms with Crippen molar-refractivity contribution in [1.29, 1.82) is 0 Å². The van der Waals surface area contributed by atoms with Crippen LogP contribution < -0.4 is 37.2 Å². The van der Waals surface area contributed by atoms with Gasteiger partial charge in [-0.1, -0.05) is 18.6 Å². The Morgan fingerprint density at radius 2 is 1.65 bits per heavy atom. The van der Waals surface area contributed by atoms with Gasteiger partial charge in [0, 0.05) is 70.5 Å². The molecule has 0 radical (unpaired) electrons. The molecule has 2 rings (SSSR count). The Morgan fingerprint density at radius 3 is 2.38 bits per heavy atom. The van der Waals surface area contributed by atoms with Crippen LogP contribution in [0.1, 0.15) is 31.2 Å². The highest BCUT2D eigenvalue weighted by molar-refractivity contribution is 7.80. The van der Waals surface area contributed by atoms with Crippen LogP contribution in [-0.2, 0) is 16.0 Å². The van der Waals surface area contributed by atoms with Gasteiger partial charge in [-0.15, -0.1) is 0 Å². The first-order valence-electron chi connectivity index (χ1n) is 12.4. The Balaban J connectivity index is 1.63. The molecule has 1 aliphatic heterocycles. The molecule has 0 aromatic heterocycles. The van der Waals surface area contributed by atoms with Gasteiger partial charge in [-0.25, -0.2) is 0 Å². The summed E-state index contributed by atoms with van der Waals surface area (Å²) in [5.41, 5.74) is 2.26. The number of unbranched alkanes of at least 4 members (excludes halogenated alkanes) is 2. The van der Waals surface area contributed by atoms with Crippen molar-refractivity contribution in [1.82, 2.24) is 31.9 Å². The fraction of sp³-hybridized carbons (Fsp3) is 0.625. The molecule has 1 aromatic carbocycles. The maximum absolute atomic E-state index is 11.4. The minimum absolute atomic E-state index is 0.0756. The van der Waals surface area contributed by atoms with Crippen LogP contribution in [0, 0.1) is 0 Å². The molecule has 1 unspecified atom stereocenters. The molecule has 1 aliphatic rings. The highest BCUT2D eigenvalue weighted by Gasteiger charge is 2.10. The predicted octanol–water partition coefficient (Wildman–Crippen LogP) is 0.132. The van der Waals surface area contributed by atoms with E-state index in [1.165, 1.54) is 5.56 Å². The summed E-state index contributed by atoms with van der Waals surface area (Å²) in [6.07, 6.45) is 4.76. The van der Waals surface area contributed by atoms with E-state index in [0.29, 0.717) is 23.9 Å². The summed E-state index contributed by atoms with van der Waals surface area (Å²) < 4.78 is 0. The molecule has 0 spiro atoms. The molecule has 190 valence electrons. The Bertz CT molecular complexity index is 706. The average molecular weight is 492 g/mol. The summed E-state index contributed by atoms with van der Waals surface area (Å²) in [6, 6.07) is 8.82. The number of anilines is 1. The topological polar surface area (TPSA) is 118 Å². The lowest BCUT2D eigenvalue weighted by molar-refractivity contribution is -0.122. The highest BCUT2D eigenvalue weighted by Crippen LogP contribution is 2.11. The summed E-state index contributed by atoms with van der Waals surface area (Å²) in [4.78, 5) is 21.7. The van der Waals surface area contributed by atoms with Gasteiger partial charge >= 0.3 is 0 Å². The number of rotatable bonds is 11. The van der Waals surface area contributed by atoms with Gasteiger partial charge in [-0.05, 0) is 49.2 Å². The summed E-state index contributed by atoms with van der Waals surface area (Å²) >= 11 is 5.39. The van der Waals surface area contributed by atoms with Crippen molar-refractivity contribution >= 4 is 35.2 Å². The van der Waals surface area contributed by atoms with Crippen LogP contribution in [0.15, 0.2) is 24.3 Å². The molecule has 34 heavy (non-hydrogen) atoms. The Morgan fingerprint density at radius 1 is 0.941 bits per heavy atom. The van der Waals surface area contributed by atoms with Gasteiger partial charge in [0.2, 0.25) is 5.91 Å². The van der Waals surface area contributed by atoms with Crippen LogP contribution in [-0.4, -0.2) is 82.3 Å². The van der Waals surface area contributed by atoms with E-state index in [2.05, 4.69) is 61.5 Å². The van der Waals surface area contributed by atoms with Crippen LogP contribution in [0.4, 0.5) is 5.69 Å². The molecule has 1 fully saturated rings. The van der Waals surface area contributed by atoms with Crippen LogP contribution >= 0.6 is 12.2 Å². The smallest absolute Gasteiger partial charge is 0.220 e. The first kappa shape index (κ1) is 28.1. The third-order valence-electron chi connectivity index (χ3n) is 5.53. The Kier molecular flexibility index (Phi) is 15.1. The van der Waals surface area contributed by atoms with E-state index in [0.717, 1.165) is 83.7 Å². The number of nitrogens with one attached hydrogen (secondary N) is 7. The lowest BCUT2D eigenvalue weighted by atomic mass is 10.1. The maximum atomic E-state index is 11.4. The molecule has 7 N–H and O–H groups in total. The predicted molar refractivity (Wildman–Crippen MR) is 142 cm³/mol. The van der Waals surface area contributed by atoms with Crippen LogP contribution in [0.3, 0.4) is 0 Å². The maximum Gasteiger partial charge on any atom is 0.220 e. The van der Waals surface area contributed by atoms with E-state index in [1.54, 1.807) is 0 Å². The second kappa shape index (κ2) is 18.2. The number of amides is 1. The minimum Gasteiger partial charge on any atom is -0.362 e. The lowest BCUT2D eigenvalue weighted by Crippen LogP contribution is -2.46. The van der Waals surface area contributed by atoms with Crippen LogP contribution in [0.25, 0.3) is 0 Å². The first-order valence-corrected chi connectivity index (χ1v) is 12.8. The fourth-order valence-electron chi connectivity index (χ4n) is 3.68. The molecular weight excluding hydrogens is 450 g/mol. The van der Waals surface area contributed by atoms with Gasteiger partial charge in [0.1, 0.15) is 6.29 Å². The van der Waals surface area contributed by atoms with Crippen LogP contribution in [0.5, 0.6) is 0 Å². The third kappa shape index (κ3) is 13.6. The summed E-state index contributed by atoms with van der Waals surface area (Å²) in [6.45, 7) is 7.69. The molecule has 1 saturated heterocycles. The zero-order valence-electron chi connectivity index (χ0n) is 20.1. The summed E-state index contributed by atoms with van der Waals surface area (Å²) in [7, 11) is 0. The van der Waals surface area contributed by atoms with Gasteiger partial charge in [0.25, 0.3) is 0 Å². The lowest BCUT2D eigenvalue weighted by Gasteiger charge is -2.21. The van der Waals surface area contributed by atoms with Gasteiger partial charge in [0.15, 0.2) is 5.11 Å². The highest BCUT2D eigenvalue weighted by atomic mass is 32.1. The number of hydrogen-bond acceptors (Lipinski definition) is 7. The summed E-state index contributed by atoms with van der Waals surface area (Å²) in [5.74, 6) is -0.0756. The summed E-state index contributed by atoms with van der Waals surface area (Å²) in [5, 5.41) is 23.7. The third-order valence-corrected chi connectivity index (χ3v) is 5.77. The Labute approximate surface area is 209 Å². The van der Waals surface area contributed by atoms with Gasteiger partial charge in [0.05, 0.1) is 6.54 Å².